The fourth-order valence-electron chi connectivity index (χ4n) is 0.784. The lowest BCUT2D eigenvalue weighted by molar-refractivity contribution is -0.150. The Morgan fingerprint density at radius 2 is 2.00 bits per heavy atom. The van der Waals surface area contributed by atoms with Gasteiger partial charge in [-0.1, -0.05) is 0 Å². The van der Waals surface area contributed by atoms with Crippen LogP contribution in [0.5, 0.6) is 0 Å². The van der Waals surface area contributed by atoms with Gasteiger partial charge in [0.2, 0.25) is 0 Å². The highest BCUT2D eigenvalue weighted by Crippen LogP contribution is 1.94. The highest BCUT2D eigenvalue weighted by atomic mass is 16.6. The molecule has 0 aromatic heterocycles. The topological polar surface area (TPSA) is 78.6 Å². The van der Waals surface area contributed by atoms with Crippen LogP contribution >= 0.6 is 0 Å². The third kappa shape index (κ3) is 8.80. The van der Waals surface area contributed by atoms with E-state index in [0.29, 0.717) is 5.70 Å². The highest BCUT2D eigenvalue weighted by Gasteiger charge is 2.06. The van der Waals surface area contributed by atoms with Gasteiger partial charge in [0, 0.05) is 11.8 Å². The fourth-order valence-corrected chi connectivity index (χ4v) is 0.784. The van der Waals surface area contributed by atoms with Crippen molar-refractivity contribution >= 4 is 11.9 Å². The molecule has 0 aliphatic rings. The maximum Gasteiger partial charge on any atom is 0.332 e. The van der Waals surface area contributed by atoms with Crippen molar-refractivity contribution in [3.63, 3.8) is 0 Å². The summed E-state index contributed by atoms with van der Waals surface area (Å²) < 4.78 is 9.55. The fraction of sp³-hybridized carbons (Fsp3) is 0.600. The summed E-state index contributed by atoms with van der Waals surface area (Å²) in [7, 11) is 0. The van der Waals surface area contributed by atoms with E-state index in [1.54, 1.807) is 20.8 Å². The van der Waals surface area contributed by atoms with Crippen molar-refractivity contribution in [3.05, 3.63) is 11.8 Å². The zero-order chi connectivity index (χ0) is 11.8. The number of carbonyl (C=O) groups is 2. The molecule has 0 amide bonds. The SMILES string of the molecule is C/C(N)=C/C(=O)OCCC(=O)OC(C)C. The quantitative estimate of drug-likeness (QED) is 0.540. The molecule has 0 rings (SSSR count). The van der Waals surface area contributed by atoms with Crippen molar-refractivity contribution in [1.29, 1.82) is 0 Å². The summed E-state index contributed by atoms with van der Waals surface area (Å²) in [6.07, 6.45) is 1.06. The summed E-state index contributed by atoms with van der Waals surface area (Å²) in [5.41, 5.74) is 5.62. The molecule has 0 unspecified atom stereocenters. The third-order valence-electron chi connectivity index (χ3n) is 1.26. The Morgan fingerprint density at radius 3 is 2.47 bits per heavy atom. The van der Waals surface area contributed by atoms with Gasteiger partial charge in [0.05, 0.1) is 12.5 Å². The van der Waals surface area contributed by atoms with Gasteiger partial charge >= 0.3 is 11.9 Å². The second-order valence-corrected chi connectivity index (χ2v) is 3.34. The zero-order valence-corrected chi connectivity index (χ0v) is 9.28. The molecule has 0 aliphatic carbocycles. The van der Waals surface area contributed by atoms with Gasteiger partial charge in [0.25, 0.3) is 0 Å². The van der Waals surface area contributed by atoms with Crippen LogP contribution in [0.1, 0.15) is 27.2 Å². The molecule has 2 N–H and O–H groups in total. The molecule has 15 heavy (non-hydrogen) atoms. The van der Waals surface area contributed by atoms with E-state index in [4.69, 9.17) is 15.2 Å². The summed E-state index contributed by atoms with van der Waals surface area (Å²) in [5, 5.41) is 0. The predicted molar refractivity (Wildman–Crippen MR) is 54.7 cm³/mol. The maximum absolute atomic E-state index is 11.0. The second-order valence-electron chi connectivity index (χ2n) is 3.34. The first-order chi connectivity index (χ1) is 6.91. The van der Waals surface area contributed by atoms with Crippen molar-refractivity contribution < 1.29 is 19.1 Å². The Bertz CT molecular complexity index is 254. The second kappa shape index (κ2) is 6.86. The van der Waals surface area contributed by atoms with Crippen LogP contribution in [0, 0.1) is 0 Å². The molecule has 0 saturated heterocycles. The molecule has 0 aromatic rings. The molecule has 86 valence electrons. The zero-order valence-electron chi connectivity index (χ0n) is 9.28. The molecule has 0 bridgehead atoms. The minimum atomic E-state index is -0.549. The summed E-state index contributed by atoms with van der Waals surface area (Å²) in [6.45, 7) is 5.09. The first-order valence-electron chi connectivity index (χ1n) is 4.72. The molecule has 0 fully saturated rings. The number of hydrogen-bond acceptors (Lipinski definition) is 5. The largest absolute Gasteiger partial charge is 0.463 e. The predicted octanol–water partition coefficient (Wildman–Crippen LogP) is 0.734. The number of hydrogen-bond donors (Lipinski definition) is 1. The van der Waals surface area contributed by atoms with Crippen molar-refractivity contribution in [2.24, 2.45) is 5.73 Å². The van der Waals surface area contributed by atoms with Crippen LogP contribution in [0.2, 0.25) is 0 Å². The minimum Gasteiger partial charge on any atom is -0.463 e. The lowest BCUT2D eigenvalue weighted by Crippen LogP contribution is -2.15. The lowest BCUT2D eigenvalue weighted by Gasteiger charge is -2.07. The van der Waals surface area contributed by atoms with Gasteiger partial charge in [-0.3, -0.25) is 4.79 Å². The Balaban J connectivity index is 3.66. The molecule has 0 saturated carbocycles. The van der Waals surface area contributed by atoms with Crippen molar-refractivity contribution in [2.75, 3.05) is 6.61 Å². The van der Waals surface area contributed by atoms with Gasteiger partial charge in [-0.25, -0.2) is 4.79 Å². The van der Waals surface area contributed by atoms with E-state index in [2.05, 4.69) is 0 Å². The van der Waals surface area contributed by atoms with E-state index in [9.17, 15) is 9.59 Å². The highest BCUT2D eigenvalue weighted by molar-refractivity contribution is 5.82. The van der Waals surface area contributed by atoms with Crippen LogP contribution in [0.15, 0.2) is 11.8 Å². The van der Waals surface area contributed by atoms with Gasteiger partial charge in [0.15, 0.2) is 0 Å². The van der Waals surface area contributed by atoms with Gasteiger partial charge in [-0.2, -0.15) is 0 Å². The number of ether oxygens (including phenoxy) is 2. The van der Waals surface area contributed by atoms with Crippen LogP contribution in [-0.4, -0.2) is 24.6 Å². The van der Waals surface area contributed by atoms with Crippen LogP contribution in [0.3, 0.4) is 0 Å². The summed E-state index contributed by atoms with van der Waals surface area (Å²) in [4.78, 5) is 21.9. The summed E-state index contributed by atoms with van der Waals surface area (Å²) >= 11 is 0. The Kier molecular flexibility index (Phi) is 6.17. The van der Waals surface area contributed by atoms with Crippen LogP contribution in [0.4, 0.5) is 0 Å². The molecule has 0 atom stereocenters. The number of nitrogens with two attached hydrogens (primary N) is 1. The van der Waals surface area contributed by atoms with E-state index in [0.717, 1.165) is 6.08 Å². The smallest absolute Gasteiger partial charge is 0.332 e. The molecule has 5 heteroatoms. The van der Waals surface area contributed by atoms with Crippen LogP contribution < -0.4 is 5.73 Å². The minimum absolute atomic E-state index is 0.00810. The first kappa shape index (κ1) is 13.5. The molecule has 0 aromatic carbocycles. The maximum atomic E-state index is 11.0. The van der Waals surface area contributed by atoms with Gasteiger partial charge < -0.3 is 15.2 Å². The van der Waals surface area contributed by atoms with Gasteiger partial charge in [-0.05, 0) is 20.8 Å². The molecule has 0 aliphatic heterocycles. The van der Waals surface area contributed by atoms with Crippen molar-refractivity contribution in [2.45, 2.75) is 33.3 Å². The monoisotopic (exact) mass is 215 g/mol. The number of esters is 2. The van der Waals surface area contributed by atoms with E-state index >= 15 is 0 Å². The molecule has 0 radical (unpaired) electrons. The first-order valence-corrected chi connectivity index (χ1v) is 4.72. The summed E-state index contributed by atoms with van der Waals surface area (Å²) in [6, 6.07) is 0. The standard InChI is InChI=1S/C10H17NO4/c1-7(2)15-9(12)4-5-14-10(13)6-8(3)11/h6-7H,4-5,11H2,1-3H3/b8-6-. The van der Waals surface area contributed by atoms with E-state index in [1.807, 2.05) is 0 Å². The van der Waals surface area contributed by atoms with Gasteiger partial charge in [-0.15, -0.1) is 0 Å². The molecule has 0 heterocycles. The normalized spacial score (nSPS) is 11.3. The van der Waals surface area contributed by atoms with Crippen LogP contribution in [-0.2, 0) is 19.1 Å². The molecular formula is C10H17NO4. The van der Waals surface area contributed by atoms with E-state index < -0.39 is 5.97 Å². The average molecular weight is 215 g/mol. The number of allylic oxidation sites excluding steroid dienone is 1. The third-order valence-corrected chi connectivity index (χ3v) is 1.26. The average Bonchev–Trinajstić information content (AvgIpc) is 2.00. The Labute approximate surface area is 89.2 Å². The van der Waals surface area contributed by atoms with E-state index in [1.165, 1.54) is 0 Å². The van der Waals surface area contributed by atoms with Crippen molar-refractivity contribution in [1.82, 2.24) is 0 Å². The van der Waals surface area contributed by atoms with Crippen LogP contribution in [0.25, 0.3) is 0 Å². The van der Waals surface area contributed by atoms with Gasteiger partial charge in [0.1, 0.15) is 6.61 Å². The summed E-state index contributed by atoms with van der Waals surface area (Å²) in [5.74, 6) is -0.932. The number of carbonyl (C=O) groups excluding carboxylic acids is 2. The molecule has 0 spiro atoms. The number of rotatable bonds is 5. The lowest BCUT2D eigenvalue weighted by atomic mass is 10.4. The Morgan fingerprint density at radius 1 is 1.40 bits per heavy atom. The van der Waals surface area contributed by atoms with E-state index in [-0.39, 0.29) is 25.1 Å². The Hall–Kier alpha value is -1.52. The molecule has 5 nitrogen and oxygen atoms in total. The molecular weight excluding hydrogens is 198 g/mol. The van der Waals surface area contributed by atoms with Crippen molar-refractivity contribution in [3.8, 4) is 0 Å².